The number of nitrogens with zero attached hydrogens (tertiary/aromatic N) is 2. The van der Waals surface area contributed by atoms with Gasteiger partial charge in [-0.1, -0.05) is 67.4 Å². The third-order valence-corrected chi connectivity index (χ3v) is 7.09. The standard InChI is InChI=1S/C29H32ClN3O3/c1-3-4-17-31-28(35)20(2)33(19-22-10-5-6-14-24(22)30)26(34)16-9-18-32-25-15-8-12-21-11-7-13-23(27(21)25)29(32)36/h5-8,10-15,20H,3-4,9,16-19H2,1-2H3,(H,31,35). The molecule has 6 nitrogen and oxygen atoms in total. The maximum absolute atomic E-state index is 13.4. The number of unbranched alkanes of at least 4 members (excludes halogenated alkanes) is 1. The van der Waals surface area contributed by atoms with Gasteiger partial charge in [-0.25, -0.2) is 0 Å². The molecule has 1 heterocycles. The molecule has 0 bridgehead atoms. The fourth-order valence-corrected chi connectivity index (χ4v) is 4.86. The molecule has 0 saturated heterocycles. The Morgan fingerprint density at radius 2 is 1.78 bits per heavy atom. The Morgan fingerprint density at radius 1 is 1.03 bits per heavy atom. The summed E-state index contributed by atoms with van der Waals surface area (Å²) >= 11 is 6.37. The Labute approximate surface area is 217 Å². The van der Waals surface area contributed by atoms with Crippen molar-refractivity contribution >= 4 is 45.8 Å². The summed E-state index contributed by atoms with van der Waals surface area (Å²) in [5.74, 6) is -0.359. The molecule has 0 spiro atoms. The Morgan fingerprint density at radius 3 is 2.53 bits per heavy atom. The molecule has 188 valence electrons. The molecule has 3 amide bonds. The van der Waals surface area contributed by atoms with E-state index in [4.69, 9.17) is 11.6 Å². The molecule has 0 aliphatic carbocycles. The van der Waals surface area contributed by atoms with Crippen LogP contribution in [0.5, 0.6) is 0 Å². The van der Waals surface area contributed by atoms with E-state index in [1.54, 1.807) is 22.8 Å². The van der Waals surface area contributed by atoms with E-state index in [-0.39, 0.29) is 30.7 Å². The minimum absolute atomic E-state index is 0.0363. The highest BCUT2D eigenvalue weighted by Crippen LogP contribution is 2.37. The zero-order valence-corrected chi connectivity index (χ0v) is 21.6. The molecule has 1 N–H and O–H groups in total. The van der Waals surface area contributed by atoms with Crippen LogP contribution >= 0.6 is 11.6 Å². The molecule has 0 radical (unpaired) electrons. The third kappa shape index (κ3) is 5.39. The van der Waals surface area contributed by atoms with E-state index in [0.29, 0.717) is 30.1 Å². The Bertz CT molecular complexity index is 1270. The van der Waals surface area contributed by atoms with Crippen LogP contribution in [0.25, 0.3) is 10.8 Å². The van der Waals surface area contributed by atoms with Crippen LogP contribution in [0.2, 0.25) is 5.02 Å². The number of amides is 3. The highest BCUT2D eigenvalue weighted by molar-refractivity contribution is 6.31. The minimum Gasteiger partial charge on any atom is -0.354 e. The van der Waals surface area contributed by atoms with Gasteiger partial charge in [0.05, 0.1) is 5.69 Å². The van der Waals surface area contributed by atoms with Crippen LogP contribution in [0.15, 0.2) is 60.7 Å². The van der Waals surface area contributed by atoms with Crippen LogP contribution in [0.1, 0.15) is 55.5 Å². The molecule has 0 aromatic heterocycles. The summed E-state index contributed by atoms with van der Waals surface area (Å²) in [6.45, 7) is 5.06. The predicted octanol–water partition coefficient (Wildman–Crippen LogP) is 5.57. The first-order chi connectivity index (χ1) is 17.4. The van der Waals surface area contributed by atoms with Crippen molar-refractivity contribution in [1.29, 1.82) is 0 Å². The summed E-state index contributed by atoms with van der Waals surface area (Å²) in [6, 6.07) is 18.4. The van der Waals surface area contributed by atoms with Crippen molar-refractivity contribution in [2.75, 3.05) is 18.0 Å². The Hall–Kier alpha value is -3.38. The van der Waals surface area contributed by atoms with Gasteiger partial charge in [-0.15, -0.1) is 0 Å². The first kappa shape index (κ1) is 25.7. The molecule has 1 aliphatic heterocycles. The normalized spacial score (nSPS) is 13.2. The van der Waals surface area contributed by atoms with E-state index < -0.39 is 6.04 Å². The van der Waals surface area contributed by atoms with Gasteiger partial charge in [0.1, 0.15) is 6.04 Å². The second-order valence-corrected chi connectivity index (χ2v) is 9.58. The molecule has 1 aliphatic rings. The van der Waals surface area contributed by atoms with E-state index in [0.717, 1.165) is 34.9 Å². The summed E-state index contributed by atoms with van der Waals surface area (Å²) in [5.41, 5.74) is 2.38. The SMILES string of the molecule is CCCCNC(=O)C(C)N(Cc1ccccc1Cl)C(=O)CCCN1C(=O)c2cccc3cccc1c23. The van der Waals surface area contributed by atoms with Gasteiger partial charge in [-0.3, -0.25) is 14.4 Å². The summed E-state index contributed by atoms with van der Waals surface area (Å²) in [5, 5.41) is 5.49. The van der Waals surface area contributed by atoms with Crippen molar-refractivity contribution in [3.8, 4) is 0 Å². The maximum atomic E-state index is 13.4. The van der Waals surface area contributed by atoms with Gasteiger partial charge in [0.2, 0.25) is 11.8 Å². The topological polar surface area (TPSA) is 69.7 Å². The predicted molar refractivity (Wildman–Crippen MR) is 144 cm³/mol. The number of hydrogen-bond donors (Lipinski definition) is 1. The van der Waals surface area contributed by atoms with Crippen LogP contribution < -0.4 is 10.2 Å². The summed E-state index contributed by atoms with van der Waals surface area (Å²) in [4.78, 5) is 42.6. The lowest BCUT2D eigenvalue weighted by molar-refractivity contribution is -0.140. The molecule has 0 fully saturated rings. The lowest BCUT2D eigenvalue weighted by Crippen LogP contribution is -2.48. The fraction of sp³-hybridized carbons (Fsp3) is 0.345. The largest absolute Gasteiger partial charge is 0.354 e. The van der Waals surface area contributed by atoms with Crippen LogP contribution in [0, 0.1) is 0 Å². The van der Waals surface area contributed by atoms with Gasteiger partial charge in [-0.05, 0) is 48.9 Å². The zero-order valence-electron chi connectivity index (χ0n) is 20.8. The van der Waals surface area contributed by atoms with E-state index in [1.165, 1.54) is 0 Å². The van der Waals surface area contributed by atoms with Crippen molar-refractivity contribution in [1.82, 2.24) is 10.2 Å². The van der Waals surface area contributed by atoms with Crippen molar-refractivity contribution in [3.63, 3.8) is 0 Å². The highest BCUT2D eigenvalue weighted by atomic mass is 35.5. The minimum atomic E-state index is -0.642. The molecular formula is C29H32ClN3O3. The maximum Gasteiger partial charge on any atom is 0.258 e. The first-order valence-corrected chi connectivity index (χ1v) is 12.9. The van der Waals surface area contributed by atoms with Crippen LogP contribution in [-0.4, -0.2) is 41.8 Å². The average molecular weight is 506 g/mol. The second kappa shape index (κ2) is 11.6. The number of benzene rings is 3. The molecule has 36 heavy (non-hydrogen) atoms. The van der Waals surface area contributed by atoms with Crippen LogP contribution in [-0.2, 0) is 16.1 Å². The van der Waals surface area contributed by atoms with Gasteiger partial charge in [0.15, 0.2) is 0 Å². The van der Waals surface area contributed by atoms with Crippen molar-refractivity contribution < 1.29 is 14.4 Å². The summed E-state index contributed by atoms with van der Waals surface area (Å²) in [7, 11) is 0. The molecule has 0 saturated carbocycles. The Kier molecular flexibility index (Phi) is 8.26. The number of halogens is 1. The molecule has 4 rings (SSSR count). The fourth-order valence-electron chi connectivity index (χ4n) is 4.66. The highest BCUT2D eigenvalue weighted by Gasteiger charge is 2.30. The summed E-state index contributed by atoms with van der Waals surface area (Å²) in [6.07, 6.45) is 2.56. The summed E-state index contributed by atoms with van der Waals surface area (Å²) < 4.78 is 0. The van der Waals surface area contributed by atoms with Crippen molar-refractivity contribution in [2.45, 2.75) is 52.1 Å². The number of carbonyl (C=O) groups is 3. The molecule has 3 aromatic rings. The van der Waals surface area contributed by atoms with Gasteiger partial charge >= 0.3 is 0 Å². The lowest BCUT2D eigenvalue weighted by atomic mass is 10.1. The molecular weight excluding hydrogens is 474 g/mol. The molecule has 7 heteroatoms. The van der Waals surface area contributed by atoms with E-state index in [1.807, 2.05) is 54.6 Å². The Balaban J connectivity index is 1.45. The number of rotatable bonds is 11. The number of anilines is 1. The monoisotopic (exact) mass is 505 g/mol. The van der Waals surface area contributed by atoms with Crippen molar-refractivity contribution in [2.24, 2.45) is 0 Å². The lowest BCUT2D eigenvalue weighted by Gasteiger charge is -2.29. The second-order valence-electron chi connectivity index (χ2n) is 9.17. The smallest absolute Gasteiger partial charge is 0.258 e. The van der Waals surface area contributed by atoms with E-state index >= 15 is 0 Å². The van der Waals surface area contributed by atoms with Crippen LogP contribution in [0.3, 0.4) is 0 Å². The van der Waals surface area contributed by atoms with E-state index in [2.05, 4.69) is 12.2 Å². The van der Waals surface area contributed by atoms with Crippen molar-refractivity contribution in [3.05, 3.63) is 76.8 Å². The zero-order chi connectivity index (χ0) is 25.7. The molecule has 3 aromatic carbocycles. The van der Waals surface area contributed by atoms with Gasteiger partial charge in [0, 0.05) is 42.0 Å². The number of hydrogen-bond acceptors (Lipinski definition) is 3. The number of carbonyl (C=O) groups excluding carboxylic acids is 3. The van der Waals surface area contributed by atoms with Gasteiger partial charge < -0.3 is 15.1 Å². The molecule has 1 unspecified atom stereocenters. The number of nitrogens with one attached hydrogen (secondary N) is 1. The third-order valence-electron chi connectivity index (χ3n) is 6.72. The molecule has 1 atom stereocenters. The first-order valence-electron chi connectivity index (χ1n) is 12.6. The van der Waals surface area contributed by atoms with Gasteiger partial charge in [-0.2, -0.15) is 0 Å². The average Bonchev–Trinajstić information content (AvgIpc) is 3.16. The van der Waals surface area contributed by atoms with Crippen LogP contribution in [0.4, 0.5) is 5.69 Å². The quantitative estimate of drug-likeness (QED) is 0.346. The van der Waals surface area contributed by atoms with E-state index in [9.17, 15) is 14.4 Å². The van der Waals surface area contributed by atoms with Gasteiger partial charge in [0.25, 0.3) is 5.91 Å².